The van der Waals surface area contributed by atoms with Crippen molar-refractivity contribution in [2.75, 3.05) is 0 Å². The van der Waals surface area contributed by atoms with Gasteiger partial charge < -0.3 is 10.8 Å². The van der Waals surface area contributed by atoms with E-state index in [4.69, 9.17) is 5.73 Å². The first-order valence-electron chi connectivity index (χ1n) is 3.91. The maximum atomic E-state index is 13.1. The molecule has 2 unspecified atom stereocenters. The van der Waals surface area contributed by atoms with Crippen LogP contribution in [0.5, 0.6) is 0 Å². The number of hydrogen-bond donors (Lipinski definition) is 2. The van der Waals surface area contributed by atoms with Gasteiger partial charge in [0, 0.05) is 11.6 Å². The minimum absolute atomic E-state index is 0.350. The lowest BCUT2D eigenvalue weighted by atomic mass is 10.1. The van der Waals surface area contributed by atoms with E-state index in [1.807, 2.05) is 0 Å². The average molecular weight is 167 g/mol. The number of benzene rings is 1. The van der Waals surface area contributed by atoms with Crippen LogP contribution in [0.3, 0.4) is 0 Å². The number of hydrogen-bond acceptors (Lipinski definition) is 2. The molecule has 3 heteroatoms. The highest BCUT2D eigenvalue weighted by Crippen LogP contribution is 2.31. The fraction of sp³-hybridized carbons (Fsp3) is 0.333. The quantitative estimate of drug-likeness (QED) is 0.598. The third-order valence-corrected chi connectivity index (χ3v) is 2.30. The average Bonchev–Trinajstić information content (AvgIpc) is 2.29. The standard InChI is InChI=1S/C9H10FNO/c10-6-3-1-2-5-4-7(11)9(12)8(5)6/h1-3,7,9,12H,4,11H2. The molecule has 2 nitrogen and oxygen atoms in total. The van der Waals surface area contributed by atoms with E-state index in [9.17, 15) is 9.50 Å². The second-order valence-electron chi connectivity index (χ2n) is 3.13. The molecule has 0 radical (unpaired) electrons. The molecular formula is C9H10FNO. The highest BCUT2D eigenvalue weighted by Gasteiger charge is 2.30. The summed E-state index contributed by atoms with van der Waals surface area (Å²) in [5, 5.41) is 9.47. The van der Waals surface area contributed by atoms with Crippen molar-refractivity contribution < 1.29 is 9.50 Å². The molecule has 0 spiro atoms. The Morgan fingerprint density at radius 1 is 1.50 bits per heavy atom. The molecule has 0 aliphatic heterocycles. The molecule has 0 saturated heterocycles. The number of nitrogens with two attached hydrogens (primary N) is 1. The van der Waals surface area contributed by atoms with Crippen LogP contribution in [0.15, 0.2) is 18.2 Å². The van der Waals surface area contributed by atoms with E-state index >= 15 is 0 Å². The van der Waals surface area contributed by atoms with Gasteiger partial charge in [-0.15, -0.1) is 0 Å². The minimum Gasteiger partial charge on any atom is -0.387 e. The first kappa shape index (κ1) is 7.71. The van der Waals surface area contributed by atoms with Gasteiger partial charge in [-0.05, 0) is 18.1 Å². The van der Waals surface area contributed by atoms with Gasteiger partial charge in [0.05, 0.1) is 6.10 Å². The third kappa shape index (κ3) is 0.940. The van der Waals surface area contributed by atoms with E-state index in [2.05, 4.69) is 0 Å². The predicted octanol–water partition coefficient (Wildman–Crippen LogP) is 0.743. The van der Waals surface area contributed by atoms with Crippen LogP contribution in [0.2, 0.25) is 0 Å². The maximum Gasteiger partial charge on any atom is 0.129 e. The topological polar surface area (TPSA) is 46.2 Å². The molecule has 0 aromatic heterocycles. The summed E-state index contributed by atoms with van der Waals surface area (Å²) >= 11 is 0. The Hall–Kier alpha value is -0.930. The summed E-state index contributed by atoms with van der Waals surface area (Å²) in [5.74, 6) is -0.354. The lowest BCUT2D eigenvalue weighted by Gasteiger charge is -2.08. The fourth-order valence-corrected chi connectivity index (χ4v) is 1.67. The first-order valence-corrected chi connectivity index (χ1v) is 3.91. The van der Waals surface area contributed by atoms with E-state index in [-0.39, 0.29) is 11.9 Å². The maximum absolute atomic E-state index is 13.1. The lowest BCUT2D eigenvalue weighted by Crippen LogP contribution is -2.24. The predicted molar refractivity (Wildman–Crippen MR) is 43.0 cm³/mol. The van der Waals surface area contributed by atoms with Crippen LogP contribution < -0.4 is 5.73 Å². The second-order valence-corrected chi connectivity index (χ2v) is 3.13. The van der Waals surface area contributed by atoms with Crippen molar-refractivity contribution in [1.29, 1.82) is 0 Å². The normalized spacial score (nSPS) is 27.2. The van der Waals surface area contributed by atoms with Crippen LogP contribution in [-0.4, -0.2) is 11.1 Å². The Morgan fingerprint density at radius 3 is 2.92 bits per heavy atom. The highest BCUT2D eigenvalue weighted by atomic mass is 19.1. The number of fused-ring (bicyclic) bond motifs is 1. The van der Waals surface area contributed by atoms with Crippen molar-refractivity contribution in [2.24, 2.45) is 5.73 Å². The third-order valence-electron chi connectivity index (χ3n) is 2.30. The molecule has 12 heavy (non-hydrogen) atoms. The Labute approximate surface area is 69.8 Å². The molecule has 3 N–H and O–H groups in total. The number of aliphatic hydroxyl groups excluding tert-OH is 1. The summed E-state index contributed by atoms with van der Waals surface area (Å²) in [4.78, 5) is 0. The van der Waals surface area contributed by atoms with E-state index in [1.54, 1.807) is 12.1 Å². The Bertz CT molecular complexity index is 313. The van der Waals surface area contributed by atoms with Crippen LogP contribution in [-0.2, 0) is 6.42 Å². The summed E-state index contributed by atoms with van der Waals surface area (Å²) in [6.45, 7) is 0. The molecule has 1 aromatic rings. The molecule has 0 heterocycles. The summed E-state index contributed by atoms with van der Waals surface area (Å²) in [7, 11) is 0. The molecule has 0 fully saturated rings. The summed E-state index contributed by atoms with van der Waals surface area (Å²) in [6.07, 6.45) is -0.268. The van der Waals surface area contributed by atoms with Gasteiger partial charge in [-0.25, -0.2) is 4.39 Å². The molecule has 2 atom stereocenters. The van der Waals surface area contributed by atoms with Crippen molar-refractivity contribution in [3.05, 3.63) is 35.1 Å². The molecule has 0 bridgehead atoms. The van der Waals surface area contributed by atoms with Gasteiger partial charge >= 0.3 is 0 Å². The van der Waals surface area contributed by atoms with Crippen molar-refractivity contribution in [2.45, 2.75) is 18.6 Å². The fourth-order valence-electron chi connectivity index (χ4n) is 1.67. The Balaban J connectivity index is 2.55. The molecule has 0 saturated carbocycles. The van der Waals surface area contributed by atoms with Gasteiger partial charge in [0.15, 0.2) is 0 Å². The van der Waals surface area contributed by atoms with E-state index < -0.39 is 6.10 Å². The second kappa shape index (κ2) is 2.54. The van der Waals surface area contributed by atoms with Gasteiger partial charge in [-0.2, -0.15) is 0 Å². The van der Waals surface area contributed by atoms with Gasteiger partial charge in [-0.3, -0.25) is 0 Å². The highest BCUT2D eigenvalue weighted by molar-refractivity contribution is 5.36. The minimum atomic E-state index is -0.832. The largest absolute Gasteiger partial charge is 0.387 e. The van der Waals surface area contributed by atoms with Gasteiger partial charge in [0.1, 0.15) is 5.82 Å². The first-order chi connectivity index (χ1) is 5.70. The Morgan fingerprint density at radius 2 is 2.25 bits per heavy atom. The molecular weight excluding hydrogens is 157 g/mol. The molecule has 1 aliphatic rings. The monoisotopic (exact) mass is 167 g/mol. The van der Waals surface area contributed by atoms with E-state index in [0.717, 1.165) is 5.56 Å². The molecule has 1 aliphatic carbocycles. The zero-order valence-corrected chi connectivity index (χ0v) is 6.50. The van der Waals surface area contributed by atoms with Crippen LogP contribution in [0.1, 0.15) is 17.2 Å². The van der Waals surface area contributed by atoms with Gasteiger partial charge in [0.25, 0.3) is 0 Å². The summed E-state index contributed by atoms with van der Waals surface area (Å²) < 4.78 is 13.1. The summed E-state index contributed by atoms with van der Waals surface area (Å²) in [6, 6.07) is 4.44. The van der Waals surface area contributed by atoms with Crippen LogP contribution in [0.4, 0.5) is 4.39 Å². The molecule has 64 valence electrons. The molecule has 0 amide bonds. The zero-order valence-electron chi connectivity index (χ0n) is 6.50. The van der Waals surface area contributed by atoms with Crippen LogP contribution >= 0.6 is 0 Å². The molecule has 2 rings (SSSR count). The van der Waals surface area contributed by atoms with E-state index in [0.29, 0.717) is 12.0 Å². The number of rotatable bonds is 0. The zero-order chi connectivity index (χ0) is 8.72. The lowest BCUT2D eigenvalue weighted by molar-refractivity contribution is 0.155. The van der Waals surface area contributed by atoms with Crippen molar-refractivity contribution in [3.8, 4) is 0 Å². The van der Waals surface area contributed by atoms with Crippen LogP contribution in [0, 0.1) is 5.82 Å². The molecule has 1 aromatic carbocycles. The van der Waals surface area contributed by atoms with Gasteiger partial charge in [-0.1, -0.05) is 12.1 Å². The van der Waals surface area contributed by atoms with Crippen LogP contribution in [0.25, 0.3) is 0 Å². The number of halogens is 1. The smallest absolute Gasteiger partial charge is 0.129 e. The van der Waals surface area contributed by atoms with Gasteiger partial charge in [0.2, 0.25) is 0 Å². The Kier molecular flexibility index (Phi) is 1.63. The van der Waals surface area contributed by atoms with E-state index in [1.165, 1.54) is 6.07 Å². The van der Waals surface area contributed by atoms with Crippen molar-refractivity contribution in [1.82, 2.24) is 0 Å². The SMILES string of the molecule is NC1Cc2cccc(F)c2C1O. The number of aliphatic hydroxyl groups is 1. The van der Waals surface area contributed by atoms with Crippen molar-refractivity contribution in [3.63, 3.8) is 0 Å². The van der Waals surface area contributed by atoms with Crippen molar-refractivity contribution >= 4 is 0 Å². The summed E-state index contributed by atoms with van der Waals surface area (Å²) in [5.41, 5.74) is 6.79.